The van der Waals surface area contributed by atoms with E-state index in [0.717, 1.165) is 9.86 Å². The van der Waals surface area contributed by atoms with Crippen LogP contribution in [0.15, 0.2) is 73.0 Å². The molecular weight excluding hydrogens is 470 g/mol. The van der Waals surface area contributed by atoms with Crippen molar-refractivity contribution in [3.63, 3.8) is 0 Å². The zero-order valence-corrected chi connectivity index (χ0v) is 17.6. The van der Waals surface area contributed by atoms with E-state index in [-0.39, 0.29) is 11.4 Å². The number of carbonyl (C=O) groups is 1. The zero-order valence-electron chi connectivity index (χ0n) is 16.0. The van der Waals surface area contributed by atoms with Gasteiger partial charge >= 0.3 is 5.91 Å². The topological polar surface area (TPSA) is 120 Å². The highest BCUT2D eigenvalue weighted by Crippen LogP contribution is 2.34. The van der Waals surface area contributed by atoms with Crippen molar-refractivity contribution in [1.82, 2.24) is 5.43 Å². The Kier molecular flexibility index (Phi) is 5.54. The summed E-state index contributed by atoms with van der Waals surface area (Å²) in [5.74, 6) is 0.712. The Bertz CT molecular complexity index is 1320. The second-order valence-corrected chi connectivity index (χ2v) is 7.25. The van der Waals surface area contributed by atoms with Crippen molar-refractivity contribution in [3.05, 3.63) is 80.7 Å². The van der Waals surface area contributed by atoms with Gasteiger partial charge in [0.2, 0.25) is 0 Å². The summed E-state index contributed by atoms with van der Waals surface area (Å²) in [6, 6.07) is 14.5. The molecule has 0 saturated heterocycles. The van der Waals surface area contributed by atoms with Gasteiger partial charge in [-0.25, -0.2) is 5.43 Å². The summed E-state index contributed by atoms with van der Waals surface area (Å²) in [6.45, 7) is 0. The van der Waals surface area contributed by atoms with Crippen LogP contribution in [0.25, 0.3) is 22.3 Å². The first kappa shape index (κ1) is 20.4. The lowest BCUT2D eigenvalue weighted by Crippen LogP contribution is -2.16. The second kappa shape index (κ2) is 8.44. The summed E-state index contributed by atoms with van der Waals surface area (Å²) < 4.78 is 17.3. The van der Waals surface area contributed by atoms with Gasteiger partial charge in [-0.2, -0.15) is 5.10 Å². The minimum absolute atomic E-state index is 0.0902. The van der Waals surface area contributed by atoms with Crippen LogP contribution in [0.3, 0.4) is 0 Å². The lowest BCUT2D eigenvalue weighted by molar-refractivity contribution is -0.384. The predicted octanol–water partition coefficient (Wildman–Crippen LogP) is 5.14. The van der Waals surface area contributed by atoms with Gasteiger partial charge in [0.05, 0.1) is 23.8 Å². The molecule has 0 fully saturated rings. The van der Waals surface area contributed by atoms with Crippen LogP contribution in [0, 0.1) is 10.1 Å². The monoisotopic (exact) mass is 483 g/mol. The molecule has 156 valence electrons. The number of furan rings is 2. The number of nitrogens with one attached hydrogen (secondary N) is 1. The maximum atomic E-state index is 12.3. The molecule has 1 N–H and O–H groups in total. The molecule has 0 bridgehead atoms. The molecule has 2 aromatic heterocycles. The van der Waals surface area contributed by atoms with Crippen molar-refractivity contribution >= 4 is 44.7 Å². The Labute approximate surface area is 183 Å². The standard InChI is InChI=1S/C21H14BrN3O6/c1-29-18-6-3-14(25(27)28)10-16(18)19-7-4-15(30-19)11-23-24-21(26)20-9-12-8-13(22)2-5-17(12)31-20/h2-11H,1H3,(H,24,26)/b23-11+. The Morgan fingerprint density at radius 1 is 1.16 bits per heavy atom. The summed E-state index contributed by atoms with van der Waals surface area (Å²) in [7, 11) is 1.46. The van der Waals surface area contributed by atoms with E-state index in [2.05, 4.69) is 26.5 Å². The van der Waals surface area contributed by atoms with Gasteiger partial charge in [0.1, 0.15) is 22.9 Å². The summed E-state index contributed by atoms with van der Waals surface area (Å²) >= 11 is 3.37. The third kappa shape index (κ3) is 4.33. The van der Waals surface area contributed by atoms with E-state index < -0.39 is 10.8 Å². The van der Waals surface area contributed by atoms with Crippen LogP contribution >= 0.6 is 15.9 Å². The number of rotatable bonds is 6. The lowest BCUT2D eigenvalue weighted by Gasteiger charge is -2.05. The molecule has 1 amide bonds. The van der Waals surface area contributed by atoms with Crippen LogP contribution in [0.4, 0.5) is 5.69 Å². The molecule has 31 heavy (non-hydrogen) atoms. The van der Waals surface area contributed by atoms with Crippen molar-refractivity contribution < 1.29 is 23.3 Å². The fourth-order valence-corrected chi connectivity index (χ4v) is 3.28. The van der Waals surface area contributed by atoms with Gasteiger partial charge in [-0.3, -0.25) is 14.9 Å². The number of nitrogens with zero attached hydrogens (tertiary/aromatic N) is 2. The SMILES string of the molecule is COc1ccc([N+](=O)[O-])cc1-c1ccc(/C=N/NC(=O)c2cc3cc(Br)ccc3o2)o1. The van der Waals surface area contributed by atoms with Gasteiger partial charge in [-0.1, -0.05) is 15.9 Å². The fourth-order valence-electron chi connectivity index (χ4n) is 2.90. The van der Waals surface area contributed by atoms with E-state index in [9.17, 15) is 14.9 Å². The van der Waals surface area contributed by atoms with Crippen molar-refractivity contribution in [2.75, 3.05) is 7.11 Å². The Hall–Kier alpha value is -3.92. The molecule has 0 unspecified atom stereocenters. The zero-order chi connectivity index (χ0) is 22.0. The first-order valence-corrected chi connectivity index (χ1v) is 9.69. The number of non-ortho nitro benzene ring substituents is 1. The number of amides is 1. The molecule has 0 spiro atoms. The van der Waals surface area contributed by atoms with Crippen LogP contribution < -0.4 is 10.2 Å². The lowest BCUT2D eigenvalue weighted by atomic mass is 10.1. The average molecular weight is 484 g/mol. The van der Waals surface area contributed by atoms with Crippen molar-refractivity contribution in [3.8, 4) is 17.1 Å². The highest BCUT2D eigenvalue weighted by molar-refractivity contribution is 9.10. The van der Waals surface area contributed by atoms with E-state index in [1.165, 1.54) is 31.5 Å². The molecule has 0 radical (unpaired) electrons. The highest BCUT2D eigenvalue weighted by atomic mass is 79.9. The van der Waals surface area contributed by atoms with Crippen molar-refractivity contribution in [1.29, 1.82) is 0 Å². The fraction of sp³-hybridized carbons (Fsp3) is 0.0476. The Morgan fingerprint density at radius 2 is 2.00 bits per heavy atom. The molecular formula is C21H14BrN3O6. The van der Waals surface area contributed by atoms with Crippen LogP contribution in [0.1, 0.15) is 16.3 Å². The van der Waals surface area contributed by atoms with Gasteiger partial charge in [0.25, 0.3) is 5.69 Å². The van der Waals surface area contributed by atoms with E-state index in [0.29, 0.717) is 28.4 Å². The van der Waals surface area contributed by atoms with Crippen LogP contribution in [-0.4, -0.2) is 24.2 Å². The molecule has 0 aliphatic carbocycles. The van der Waals surface area contributed by atoms with Crippen LogP contribution in [-0.2, 0) is 0 Å². The minimum atomic E-state index is -0.518. The Morgan fingerprint density at radius 3 is 2.77 bits per heavy atom. The maximum Gasteiger partial charge on any atom is 0.307 e. The summed E-state index contributed by atoms with van der Waals surface area (Å²) in [5.41, 5.74) is 3.29. The molecule has 0 aliphatic rings. The number of carbonyl (C=O) groups excluding carboxylic acids is 1. The first-order chi connectivity index (χ1) is 14.9. The van der Waals surface area contributed by atoms with Gasteiger partial charge in [0.15, 0.2) is 5.76 Å². The Balaban J connectivity index is 1.49. The van der Waals surface area contributed by atoms with Gasteiger partial charge < -0.3 is 13.6 Å². The molecule has 10 heteroatoms. The summed E-state index contributed by atoms with van der Waals surface area (Å²) in [4.78, 5) is 22.8. The molecule has 9 nitrogen and oxygen atoms in total. The van der Waals surface area contributed by atoms with Crippen LogP contribution in [0.2, 0.25) is 0 Å². The number of fused-ring (bicyclic) bond motifs is 1. The highest BCUT2D eigenvalue weighted by Gasteiger charge is 2.16. The predicted molar refractivity (Wildman–Crippen MR) is 116 cm³/mol. The largest absolute Gasteiger partial charge is 0.496 e. The maximum absolute atomic E-state index is 12.3. The molecule has 0 aliphatic heterocycles. The van der Waals surface area contributed by atoms with Crippen LogP contribution in [0.5, 0.6) is 5.75 Å². The van der Waals surface area contributed by atoms with Crippen molar-refractivity contribution in [2.24, 2.45) is 5.10 Å². The third-order valence-corrected chi connectivity index (χ3v) is 4.84. The van der Waals surface area contributed by atoms with Crippen molar-refractivity contribution in [2.45, 2.75) is 0 Å². The summed E-state index contributed by atoms with van der Waals surface area (Å²) in [5, 5.41) is 15.7. The second-order valence-electron chi connectivity index (χ2n) is 6.34. The summed E-state index contributed by atoms with van der Waals surface area (Å²) in [6.07, 6.45) is 1.31. The number of hydrogen-bond acceptors (Lipinski definition) is 7. The average Bonchev–Trinajstić information content (AvgIpc) is 3.40. The number of hydrogen-bond donors (Lipinski definition) is 1. The van der Waals surface area contributed by atoms with Gasteiger partial charge in [-0.05, 0) is 42.5 Å². The third-order valence-electron chi connectivity index (χ3n) is 4.35. The molecule has 4 rings (SSSR count). The normalized spacial score (nSPS) is 11.2. The van der Waals surface area contributed by atoms with E-state index in [1.807, 2.05) is 12.1 Å². The smallest absolute Gasteiger partial charge is 0.307 e. The number of halogens is 1. The van der Waals surface area contributed by atoms with E-state index in [1.54, 1.807) is 24.3 Å². The number of benzene rings is 2. The number of nitro benzene ring substituents is 1. The molecule has 2 heterocycles. The number of nitro groups is 1. The van der Waals surface area contributed by atoms with E-state index >= 15 is 0 Å². The molecule has 4 aromatic rings. The number of methoxy groups -OCH3 is 1. The quantitative estimate of drug-likeness (QED) is 0.230. The minimum Gasteiger partial charge on any atom is -0.496 e. The van der Waals surface area contributed by atoms with Gasteiger partial charge in [-0.15, -0.1) is 0 Å². The van der Waals surface area contributed by atoms with E-state index in [4.69, 9.17) is 13.6 Å². The molecule has 0 atom stereocenters. The van der Waals surface area contributed by atoms with Gasteiger partial charge in [0, 0.05) is 22.0 Å². The molecule has 2 aromatic carbocycles. The number of hydrazone groups is 1. The number of ether oxygens (including phenoxy) is 1. The molecule has 0 saturated carbocycles. The first-order valence-electron chi connectivity index (χ1n) is 8.90.